The van der Waals surface area contributed by atoms with E-state index in [1.165, 1.54) is 6.08 Å². The Morgan fingerprint density at radius 2 is 1.89 bits per heavy atom. The molecule has 0 saturated carbocycles. The van der Waals surface area contributed by atoms with Crippen LogP contribution in [0.1, 0.15) is 17.3 Å². The zero-order chi connectivity index (χ0) is 13.0. The van der Waals surface area contributed by atoms with Crippen LogP contribution in [-0.4, -0.2) is 10.9 Å². The molecular weight excluding hydrogens is 224 g/mol. The third kappa shape index (κ3) is 2.33. The summed E-state index contributed by atoms with van der Waals surface area (Å²) in [6.45, 7) is 1.88. The predicted molar refractivity (Wildman–Crippen MR) is 73.9 cm³/mol. The number of phenolic OH excluding ortho intramolecular Hbond substituents is 1. The number of allylic oxidation sites excluding steroid dienone is 4. The zero-order valence-corrected chi connectivity index (χ0v) is 10.1. The van der Waals surface area contributed by atoms with Crippen molar-refractivity contribution in [1.29, 1.82) is 0 Å². The fourth-order valence-electron chi connectivity index (χ4n) is 1.86. The number of rotatable bonds is 3. The van der Waals surface area contributed by atoms with E-state index >= 15 is 0 Å². The van der Waals surface area contributed by atoms with Gasteiger partial charge in [0, 0.05) is 0 Å². The quantitative estimate of drug-likeness (QED) is 0.501. The van der Waals surface area contributed by atoms with Gasteiger partial charge in [0.05, 0.1) is 5.56 Å². The molecule has 2 rings (SSSR count). The molecule has 0 aromatic heterocycles. The highest BCUT2D eigenvalue weighted by molar-refractivity contribution is 6.15. The summed E-state index contributed by atoms with van der Waals surface area (Å²) in [7, 11) is 0. The fraction of sp³-hybridized carbons (Fsp3) is 0.0625. The monoisotopic (exact) mass is 238 g/mol. The number of fused-ring (bicyclic) bond motifs is 1. The first-order valence-corrected chi connectivity index (χ1v) is 5.78. The molecule has 2 aromatic rings. The molecule has 90 valence electrons. The number of hydrogen-bond acceptors (Lipinski definition) is 2. The summed E-state index contributed by atoms with van der Waals surface area (Å²) in [6, 6.07) is 10.9. The second-order valence-electron chi connectivity index (χ2n) is 3.93. The normalized spacial score (nSPS) is 11.6. The smallest absolute Gasteiger partial charge is 0.190 e. The zero-order valence-electron chi connectivity index (χ0n) is 10.1. The first-order valence-electron chi connectivity index (χ1n) is 5.78. The van der Waals surface area contributed by atoms with Crippen molar-refractivity contribution in [3.05, 3.63) is 66.3 Å². The van der Waals surface area contributed by atoms with Crippen molar-refractivity contribution in [1.82, 2.24) is 0 Å². The number of hydrogen-bond donors (Lipinski definition) is 1. The third-order valence-electron chi connectivity index (χ3n) is 2.70. The van der Waals surface area contributed by atoms with Crippen LogP contribution in [0.3, 0.4) is 0 Å². The number of carbonyl (C=O) groups is 1. The van der Waals surface area contributed by atoms with Crippen LogP contribution < -0.4 is 0 Å². The molecule has 0 amide bonds. The first-order chi connectivity index (χ1) is 8.74. The fourth-order valence-corrected chi connectivity index (χ4v) is 1.86. The molecule has 0 fully saturated rings. The molecule has 0 bridgehead atoms. The lowest BCUT2D eigenvalue weighted by Gasteiger charge is -2.05. The average Bonchev–Trinajstić information content (AvgIpc) is 2.38. The summed E-state index contributed by atoms with van der Waals surface area (Å²) in [5.74, 6) is -0.175. The van der Waals surface area contributed by atoms with Crippen LogP contribution in [-0.2, 0) is 0 Å². The van der Waals surface area contributed by atoms with E-state index in [1.54, 1.807) is 24.3 Å². The summed E-state index contributed by atoms with van der Waals surface area (Å²) < 4.78 is 0. The molecular formula is C16H14O2. The van der Waals surface area contributed by atoms with Gasteiger partial charge in [0.25, 0.3) is 0 Å². The van der Waals surface area contributed by atoms with Crippen LogP contribution in [0, 0.1) is 0 Å². The van der Waals surface area contributed by atoms with E-state index in [0.29, 0.717) is 5.56 Å². The van der Waals surface area contributed by atoms with E-state index in [4.69, 9.17) is 0 Å². The Morgan fingerprint density at radius 1 is 1.11 bits per heavy atom. The summed E-state index contributed by atoms with van der Waals surface area (Å²) in [5.41, 5.74) is 0.355. The standard InChI is InChI=1S/C16H14O2/c1-2-3-4-9-14(17)16-13-8-6-5-7-12(13)10-11-15(16)18/h2-11,18H,1H3/b3-2+,9-4+. The van der Waals surface area contributed by atoms with Gasteiger partial charge in [-0.2, -0.15) is 0 Å². The lowest BCUT2D eigenvalue weighted by Crippen LogP contribution is -1.96. The molecule has 0 saturated heterocycles. The molecule has 0 radical (unpaired) electrons. The topological polar surface area (TPSA) is 37.3 Å². The summed E-state index contributed by atoms with van der Waals surface area (Å²) in [4.78, 5) is 12.1. The van der Waals surface area contributed by atoms with Crippen LogP contribution in [0.15, 0.2) is 60.7 Å². The highest BCUT2D eigenvalue weighted by Gasteiger charge is 2.12. The van der Waals surface area contributed by atoms with E-state index in [-0.39, 0.29) is 11.5 Å². The first kappa shape index (κ1) is 12.1. The molecule has 0 aliphatic carbocycles. The molecule has 0 aliphatic rings. The Balaban J connectivity index is 2.55. The maximum Gasteiger partial charge on any atom is 0.190 e. The predicted octanol–water partition coefficient (Wildman–Crippen LogP) is 3.86. The molecule has 1 N–H and O–H groups in total. The minimum atomic E-state index is -0.192. The lowest BCUT2D eigenvalue weighted by molar-refractivity contribution is 0.104. The lowest BCUT2D eigenvalue weighted by atomic mass is 10.00. The molecule has 0 unspecified atom stereocenters. The van der Waals surface area contributed by atoms with Crippen LogP contribution in [0.4, 0.5) is 0 Å². The van der Waals surface area contributed by atoms with Crippen molar-refractivity contribution in [3.8, 4) is 5.75 Å². The Morgan fingerprint density at radius 3 is 2.67 bits per heavy atom. The van der Waals surface area contributed by atoms with Crippen molar-refractivity contribution >= 4 is 16.6 Å². The SMILES string of the molecule is C/C=C/C=C/C(=O)c1c(O)ccc2ccccc12. The number of phenols is 1. The molecule has 0 aliphatic heterocycles. The average molecular weight is 238 g/mol. The van der Waals surface area contributed by atoms with Crippen LogP contribution in [0.25, 0.3) is 10.8 Å². The molecule has 2 nitrogen and oxygen atoms in total. The Kier molecular flexibility index (Phi) is 3.58. The van der Waals surface area contributed by atoms with Crippen LogP contribution in [0.2, 0.25) is 0 Å². The van der Waals surface area contributed by atoms with Gasteiger partial charge in [0.2, 0.25) is 0 Å². The maximum atomic E-state index is 12.1. The van der Waals surface area contributed by atoms with E-state index in [9.17, 15) is 9.90 Å². The summed E-state index contributed by atoms with van der Waals surface area (Å²) in [6.07, 6.45) is 6.75. The number of carbonyl (C=O) groups excluding carboxylic acids is 1. The highest BCUT2D eigenvalue weighted by Crippen LogP contribution is 2.27. The van der Waals surface area contributed by atoms with Gasteiger partial charge in [0.15, 0.2) is 5.78 Å². The molecule has 0 spiro atoms. The van der Waals surface area contributed by atoms with E-state index in [1.807, 2.05) is 37.3 Å². The van der Waals surface area contributed by atoms with Gasteiger partial charge in [0.1, 0.15) is 5.75 Å². The van der Waals surface area contributed by atoms with Crippen molar-refractivity contribution in [3.63, 3.8) is 0 Å². The van der Waals surface area contributed by atoms with Gasteiger partial charge < -0.3 is 5.11 Å². The van der Waals surface area contributed by atoms with Gasteiger partial charge in [-0.15, -0.1) is 0 Å². The largest absolute Gasteiger partial charge is 0.507 e. The van der Waals surface area contributed by atoms with E-state index < -0.39 is 0 Å². The second kappa shape index (κ2) is 5.32. The molecule has 0 heterocycles. The van der Waals surface area contributed by atoms with Crippen LogP contribution in [0.5, 0.6) is 5.75 Å². The Hall–Kier alpha value is -2.35. The third-order valence-corrected chi connectivity index (χ3v) is 2.70. The minimum absolute atomic E-state index is 0.0174. The highest BCUT2D eigenvalue weighted by atomic mass is 16.3. The van der Waals surface area contributed by atoms with Crippen molar-refractivity contribution < 1.29 is 9.90 Å². The van der Waals surface area contributed by atoms with Crippen LogP contribution >= 0.6 is 0 Å². The van der Waals surface area contributed by atoms with Crippen molar-refractivity contribution in [2.45, 2.75) is 6.92 Å². The van der Waals surface area contributed by atoms with Gasteiger partial charge in [-0.1, -0.05) is 48.6 Å². The number of aromatic hydroxyl groups is 1. The summed E-state index contributed by atoms with van der Waals surface area (Å²) in [5, 5.41) is 11.6. The number of benzene rings is 2. The Labute approximate surface area is 106 Å². The molecule has 2 aromatic carbocycles. The minimum Gasteiger partial charge on any atom is -0.507 e. The van der Waals surface area contributed by atoms with Gasteiger partial charge in [-0.05, 0) is 29.8 Å². The molecule has 2 heteroatoms. The number of ketones is 1. The summed E-state index contributed by atoms with van der Waals surface area (Å²) >= 11 is 0. The van der Waals surface area contributed by atoms with E-state index in [0.717, 1.165) is 10.8 Å². The van der Waals surface area contributed by atoms with E-state index in [2.05, 4.69) is 0 Å². The molecule has 18 heavy (non-hydrogen) atoms. The van der Waals surface area contributed by atoms with Crippen molar-refractivity contribution in [2.24, 2.45) is 0 Å². The van der Waals surface area contributed by atoms with Gasteiger partial charge in [-0.25, -0.2) is 0 Å². The van der Waals surface area contributed by atoms with Gasteiger partial charge >= 0.3 is 0 Å². The second-order valence-corrected chi connectivity index (χ2v) is 3.93. The Bertz CT molecular complexity index is 637. The van der Waals surface area contributed by atoms with Gasteiger partial charge in [-0.3, -0.25) is 4.79 Å². The maximum absolute atomic E-state index is 12.1. The molecule has 0 atom stereocenters. The van der Waals surface area contributed by atoms with Crippen molar-refractivity contribution in [2.75, 3.05) is 0 Å².